The van der Waals surface area contributed by atoms with Crippen molar-refractivity contribution in [3.8, 4) is 22.4 Å². The Balaban J connectivity index is 2.27. The fourth-order valence-corrected chi connectivity index (χ4v) is 2.54. The first kappa shape index (κ1) is 13.4. The number of benzene rings is 1. The van der Waals surface area contributed by atoms with Gasteiger partial charge in [-0.1, -0.05) is 17.3 Å². The molecule has 3 rings (SSSR count). The third kappa shape index (κ3) is 2.11. The number of hydrogen-bond acceptors (Lipinski definition) is 4. The monoisotopic (exact) mass is 286 g/mol. The zero-order valence-corrected chi connectivity index (χ0v) is 12.0. The van der Waals surface area contributed by atoms with Crippen LogP contribution < -0.4 is 5.73 Å². The molecule has 0 aliphatic rings. The van der Waals surface area contributed by atoms with Gasteiger partial charge >= 0.3 is 0 Å². The SMILES string of the molecule is Cc1oc(C)c(-c2noc(N)c2-c2cccc(F)c2)c1C. The molecular weight excluding hydrogens is 271 g/mol. The predicted octanol–water partition coefficient (Wildman–Crippen LogP) is 4.25. The fraction of sp³-hybridized carbons (Fsp3) is 0.188. The Morgan fingerprint density at radius 1 is 1.10 bits per heavy atom. The van der Waals surface area contributed by atoms with E-state index in [-0.39, 0.29) is 11.7 Å². The summed E-state index contributed by atoms with van der Waals surface area (Å²) in [5.41, 5.74) is 9.48. The van der Waals surface area contributed by atoms with Gasteiger partial charge in [-0.05, 0) is 44.0 Å². The number of halogens is 1. The van der Waals surface area contributed by atoms with E-state index in [1.807, 2.05) is 20.8 Å². The van der Waals surface area contributed by atoms with E-state index in [9.17, 15) is 4.39 Å². The Labute approximate surface area is 121 Å². The molecule has 2 aromatic heterocycles. The maximum absolute atomic E-state index is 13.5. The molecule has 0 aliphatic carbocycles. The first-order chi connectivity index (χ1) is 9.99. The van der Waals surface area contributed by atoms with E-state index in [4.69, 9.17) is 14.7 Å². The standard InChI is InChI=1S/C16H15FN2O2/c1-8-9(2)20-10(3)13(8)15-14(16(18)21-19-15)11-5-4-6-12(17)7-11/h4-7H,18H2,1-3H3. The minimum absolute atomic E-state index is 0.160. The molecule has 108 valence electrons. The van der Waals surface area contributed by atoms with Crippen LogP contribution in [0.5, 0.6) is 0 Å². The highest BCUT2D eigenvalue weighted by molar-refractivity contribution is 5.88. The van der Waals surface area contributed by atoms with E-state index >= 15 is 0 Å². The topological polar surface area (TPSA) is 65.2 Å². The number of rotatable bonds is 2. The smallest absolute Gasteiger partial charge is 0.230 e. The van der Waals surface area contributed by atoms with E-state index in [0.29, 0.717) is 16.8 Å². The quantitative estimate of drug-likeness (QED) is 0.765. The van der Waals surface area contributed by atoms with Gasteiger partial charge in [0.05, 0.1) is 5.56 Å². The van der Waals surface area contributed by atoms with Gasteiger partial charge < -0.3 is 14.7 Å². The summed E-state index contributed by atoms with van der Waals surface area (Å²) in [4.78, 5) is 0. The lowest BCUT2D eigenvalue weighted by Crippen LogP contribution is -1.90. The van der Waals surface area contributed by atoms with Gasteiger partial charge in [-0.25, -0.2) is 4.39 Å². The number of hydrogen-bond donors (Lipinski definition) is 1. The molecular formula is C16H15FN2O2. The maximum atomic E-state index is 13.5. The van der Waals surface area contributed by atoms with E-state index in [0.717, 1.165) is 22.6 Å². The molecule has 0 saturated carbocycles. The average molecular weight is 286 g/mol. The second-order valence-electron chi connectivity index (χ2n) is 5.00. The Hall–Kier alpha value is -2.56. The minimum atomic E-state index is -0.337. The summed E-state index contributed by atoms with van der Waals surface area (Å²) >= 11 is 0. The lowest BCUT2D eigenvalue weighted by atomic mass is 9.98. The second kappa shape index (κ2) is 4.77. The van der Waals surface area contributed by atoms with Gasteiger partial charge in [0.25, 0.3) is 0 Å². The molecule has 0 unspecified atom stereocenters. The van der Waals surface area contributed by atoms with Crippen LogP contribution >= 0.6 is 0 Å². The number of furan rings is 1. The van der Waals surface area contributed by atoms with Crippen LogP contribution in [-0.2, 0) is 0 Å². The Bertz CT molecular complexity index is 818. The van der Waals surface area contributed by atoms with Crippen LogP contribution in [0.25, 0.3) is 22.4 Å². The van der Waals surface area contributed by atoms with Crippen molar-refractivity contribution in [2.45, 2.75) is 20.8 Å². The molecule has 0 radical (unpaired) electrons. The number of aryl methyl sites for hydroxylation is 2. The summed E-state index contributed by atoms with van der Waals surface area (Å²) in [5, 5.41) is 4.04. The van der Waals surface area contributed by atoms with E-state index < -0.39 is 0 Å². The molecule has 5 heteroatoms. The van der Waals surface area contributed by atoms with Crippen molar-refractivity contribution in [1.29, 1.82) is 0 Å². The molecule has 2 heterocycles. The highest BCUT2D eigenvalue weighted by atomic mass is 19.1. The summed E-state index contributed by atoms with van der Waals surface area (Å²) in [7, 11) is 0. The molecule has 0 aliphatic heterocycles. The van der Waals surface area contributed by atoms with Crippen LogP contribution in [-0.4, -0.2) is 5.16 Å². The zero-order chi connectivity index (χ0) is 15.1. The lowest BCUT2D eigenvalue weighted by Gasteiger charge is -2.03. The molecule has 3 aromatic rings. The number of anilines is 1. The number of nitrogen functional groups attached to an aromatic ring is 1. The van der Waals surface area contributed by atoms with Crippen LogP contribution in [0.2, 0.25) is 0 Å². The summed E-state index contributed by atoms with van der Waals surface area (Å²) < 4.78 is 24.2. The summed E-state index contributed by atoms with van der Waals surface area (Å²) in [6, 6.07) is 6.18. The van der Waals surface area contributed by atoms with Crippen LogP contribution in [0.15, 0.2) is 33.2 Å². The van der Waals surface area contributed by atoms with E-state index in [2.05, 4.69) is 5.16 Å². The van der Waals surface area contributed by atoms with Crippen molar-refractivity contribution >= 4 is 5.88 Å². The van der Waals surface area contributed by atoms with Crippen molar-refractivity contribution in [3.05, 3.63) is 47.2 Å². The van der Waals surface area contributed by atoms with Crippen LogP contribution in [0.3, 0.4) is 0 Å². The van der Waals surface area contributed by atoms with Gasteiger partial charge in [0, 0.05) is 5.56 Å². The molecule has 2 N–H and O–H groups in total. The third-order valence-corrected chi connectivity index (χ3v) is 3.63. The zero-order valence-electron chi connectivity index (χ0n) is 12.0. The predicted molar refractivity (Wildman–Crippen MR) is 78.2 cm³/mol. The van der Waals surface area contributed by atoms with Gasteiger partial charge in [0.15, 0.2) is 0 Å². The van der Waals surface area contributed by atoms with Crippen LogP contribution in [0.1, 0.15) is 17.1 Å². The van der Waals surface area contributed by atoms with E-state index in [1.165, 1.54) is 12.1 Å². The second-order valence-corrected chi connectivity index (χ2v) is 5.00. The van der Waals surface area contributed by atoms with Crippen molar-refractivity contribution in [1.82, 2.24) is 5.16 Å². The molecule has 1 aromatic carbocycles. The largest absolute Gasteiger partial charge is 0.466 e. The Morgan fingerprint density at radius 2 is 1.86 bits per heavy atom. The highest BCUT2D eigenvalue weighted by Crippen LogP contribution is 2.40. The first-order valence-electron chi connectivity index (χ1n) is 6.57. The van der Waals surface area contributed by atoms with Crippen molar-refractivity contribution in [2.24, 2.45) is 0 Å². The molecule has 0 fully saturated rings. The van der Waals surface area contributed by atoms with Gasteiger partial charge in [0.1, 0.15) is 23.0 Å². The number of nitrogens with two attached hydrogens (primary N) is 1. The minimum Gasteiger partial charge on any atom is -0.466 e. The number of aromatic nitrogens is 1. The molecule has 0 bridgehead atoms. The van der Waals surface area contributed by atoms with Gasteiger partial charge in [-0.3, -0.25) is 0 Å². The van der Waals surface area contributed by atoms with Gasteiger partial charge in [-0.15, -0.1) is 0 Å². The molecule has 0 amide bonds. The molecule has 21 heavy (non-hydrogen) atoms. The molecule has 0 atom stereocenters. The summed E-state index contributed by atoms with van der Waals surface area (Å²) in [5.74, 6) is 1.37. The average Bonchev–Trinajstić information content (AvgIpc) is 2.91. The Morgan fingerprint density at radius 3 is 2.48 bits per heavy atom. The Kier molecular flexibility index (Phi) is 3.05. The highest BCUT2D eigenvalue weighted by Gasteiger charge is 2.23. The molecule has 4 nitrogen and oxygen atoms in total. The normalized spacial score (nSPS) is 11.0. The maximum Gasteiger partial charge on any atom is 0.230 e. The lowest BCUT2D eigenvalue weighted by molar-refractivity contribution is 0.439. The summed E-state index contributed by atoms with van der Waals surface area (Å²) in [6.07, 6.45) is 0. The van der Waals surface area contributed by atoms with Crippen molar-refractivity contribution in [2.75, 3.05) is 5.73 Å². The van der Waals surface area contributed by atoms with E-state index in [1.54, 1.807) is 12.1 Å². The van der Waals surface area contributed by atoms with Crippen molar-refractivity contribution in [3.63, 3.8) is 0 Å². The third-order valence-electron chi connectivity index (χ3n) is 3.63. The van der Waals surface area contributed by atoms with Crippen LogP contribution in [0, 0.1) is 26.6 Å². The summed E-state index contributed by atoms with van der Waals surface area (Å²) in [6.45, 7) is 5.69. The van der Waals surface area contributed by atoms with Gasteiger partial charge in [0.2, 0.25) is 5.88 Å². The van der Waals surface area contributed by atoms with Gasteiger partial charge in [-0.2, -0.15) is 0 Å². The first-order valence-corrected chi connectivity index (χ1v) is 6.57. The van der Waals surface area contributed by atoms with Crippen molar-refractivity contribution < 1.29 is 13.3 Å². The molecule has 0 saturated heterocycles. The fourth-order valence-electron chi connectivity index (χ4n) is 2.54. The van der Waals surface area contributed by atoms with Crippen LogP contribution in [0.4, 0.5) is 10.3 Å². The molecule has 0 spiro atoms. The number of nitrogens with zero attached hydrogens (tertiary/aromatic N) is 1.